The Balaban J connectivity index is 6.80. The number of carbonyl (C=O) groups excluding carboxylic acids is 10. The number of nitrogens with one attached hydrogen (secondary N) is 9. The van der Waals surface area contributed by atoms with E-state index in [1.165, 1.54) is 20.8 Å². The van der Waals surface area contributed by atoms with Crippen LogP contribution < -0.4 is 88.0 Å². The minimum absolute atomic E-state index is 0.0123. The van der Waals surface area contributed by atoms with Gasteiger partial charge in [0.1, 0.15) is 54.4 Å². The second-order valence-electron chi connectivity index (χ2n) is 21.1. The fourth-order valence-corrected chi connectivity index (χ4v) is 7.62. The number of nitrogens with zero attached hydrogens (tertiary/aromatic N) is 3. The average molecular weight is 1190 g/mol. The van der Waals surface area contributed by atoms with E-state index in [9.17, 15) is 73.2 Å². The molecule has 0 aliphatic rings. The monoisotopic (exact) mass is 1190 g/mol. The number of unbranched alkanes of at least 4 members (excludes halogenated alkanes) is 2. The first-order valence-corrected chi connectivity index (χ1v) is 27.2. The Morgan fingerprint density at radius 3 is 1.17 bits per heavy atom. The van der Waals surface area contributed by atoms with Gasteiger partial charge in [-0.3, -0.25) is 57.9 Å². The molecule has 34 heteroatoms. The van der Waals surface area contributed by atoms with E-state index in [-0.39, 0.29) is 70.1 Å². The fourth-order valence-electron chi connectivity index (χ4n) is 7.62. The van der Waals surface area contributed by atoms with Crippen LogP contribution in [0.25, 0.3) is 0 Å². The van der Waals surface area contributed by atoms with Crippen LogP contribution in [0, 0.1) is 0 Å². The van der Waals surface area contributed by atoms with Gasteiger partial charge in [0.15, 0.2) is 11.9 Å². The Morgan fingerprint density at radius 2 is 0.807 bits per heavy atom. The molecule has 0 aliphatic carbocycles. The van der Waals surface area contributed by atoms with Gasteiger partial charge in [-0.1, -0.05) is 0 Å². The number of aliphatic hydroxyl groups excluding tert-OH is 3. The first kappa shape index (κ1) is 75.5. The molecule has 0 rings (SSSR count). The van der Waals surface area contributed by atoms with E-state index >= 15 is 0 Å². The van der Waals surface area contributed by atoms with Gasteiger partial charge < -0.3 is 113 Å². The van der Waals surface area contributed by atoms with E-state index in [2.05, 4.69) is 57.8 Å². The van der Waals surface area contributed by atoms with Gasteiger partial charge in [-0.15, -0.1) is 0 Å². The average Bonchev–Trinajstić information content (AvgIpc) is 3.46. The predicted molar refractivity (Wildman–Crippen MR) is 303 cm³/mol. The zero-order valence-corrected chi connectivity index (χ0v) is 48.6. The molecule has 0 bridgehead atoms. The highest BCUT2D eigenvalue weighted by Gasteiger charge is 2.37. The summed E-state index contributed by atoms with van der Waals surface area (Å²) in [5, 5.41) is 62.0. The van der Waals surface area contributed by atoms with Gasteiger partial charge in [0.2, 0.25) is 59.1 Å². The summed E-state index contributed by atoms with van der Waals surface area (Å²) in [7, 11) is 5.79. The molecule has 0 heterocycles. The van der Waals surface area contributed by atoms with Crippen LogP contribution in [0.3, 0.4) is 0 Å². The number of aliphatic hydroxyl groups is 3. The quantitative estimate of drug-likeness (QED) is 0.0117. The van der Waals surface area contributed by atoms with Crippen molar-refractivity contribution in [2.45, 2.75) is 177 Å². The van der Waals surface area contributed by atoms with Gasteiger partial charge in [0.05, 0.1) is 52.5 Å². The molecule has 83 heavy (non-hydrogen) atoms. The SMILES string of the molecule is C[C@H](N)C(=O)N[C@@H](CCCN=C(N)N)C(=O)N[C@H](C(=O)N[C@@H](CCCC[N+](C)(C)C)C(=O)N[C@@H](CCC(N)=O)C(=O)N[C@H](C(=O)N[C@@H](C)C(=O)N[C@@H](CCCN=C(N)N)C(=O)N[C@@H](CCCCN)C(=O)N[C@@H](CO)C(=O)O)[C@@H](C)O)[C@@H](C)O. The van der Waals surface area contributed by atoms with Gasteiger partial charge in [0, 0.05) is 19.5 Å². The third kappa shape index (κ3) is 32.0. The number of carboxylic acid groups (broad SMARTS) is 1. The molecule has 0 unspecified atom stereocenters. The topological polar surface area (TPSA) is 584 Å². The molecule has 0 aliphatic heterocycles. The van der Waals surface area contributed by atoms with Crippen molar-refractivity contribution in [3.05, 3.63) is 0 Å². The number of hydrogen-bond acceptors (Lipinski definition) is 18. The Labute approximate surface area is 482 Å². The predicted octanol–water partition coefficient (Wildman–Crippen LogP) is -9.07. The van der Waals surface area contributed by atoms with E-state index in [0.717, 1.165) is 6.92 Å². The van der Waals surface area contributed by atoms with Crippen LogP contribution in [0.15, 0.2) is 9.98 Å². The van der Waals surface area contributed by atoms with Crippen molar-refractivity contribution in [3.63, 3.8) is 0 Å². The third-order valence-corrected chi connectivity index (χ3v) is 12.3. The lowest BCUT2D eigenvalue weighted by Gasteiger charge is -2.29. The van der Waals surface area contributed by atoms with E-state index in [1.807, 2.05) is 21.1 Å². The second kappa shape index (κ2) is 39.0. The van der Waals surface area contributed by atoms with Crippen molar-refractivity contribution in [3.8, 4) is 0 Å². The van der Waals surface area contributed by atoms with Crippen LogP contribution in [0.1, 0.15) is 105 Å². The number of amides is 10. The molecule has 10 amide bonds. The van der Waals surface area contributed by atoms with Gasteiger partial charge in [-0.25, -0.2) is 4.79 Å². The Kier molecular flexibility index (Phi) is 35.5. The van der Waals surface area contributed by atoms with E-state index < -0.39 is 157 Å². The van der Waals surface area contributed by atoms with Crippen molar-refractivity contribution in [1.82, 2.24) is 47.9 Å². The third-order valence-electron chi connectivity index (χ3n) is 12.3. The fraction of sp³-hybridized carbons (Fsp3) is 0.735. The molecular formula is C49H94N19O15+. The van der Waals surface area contributed by atoms with Gasteiger partial charge in [-0.05, 0) is 105 Å². The molecule has 27 N–H and O–H groups in total. The number of carbonyl (C=O) groups is 11. The van der Waals surface area contributed by atoms with E-state index in [0.29, 0.717) is 36.7 Å². The molecule has 0 spiro atoms. The largest absolute Gasteiger partial charge is 0.480 e. The van der Waals surface area contributed by atoms with Gasteiger partial charge >= 0.3 is 5.97 Å². The lowest BCUT2D eigenvalue weighted by molar-refractivity contribution is -0.870. The van der Waals surface area contributed by atoms with Gasteiger partial charge in [-0.2, -0.15) is 0 Å². The summed E-state index contributed by atoms with van der Waals surface area (Å²) in [6, 6.07) is -15.1. The van der Waals surface area contributed by atoms with E-state index in [1.54, 1.807) is 0 Å². The molecule has 0 saturated heterocycles. The summed E-state index contributed by atoms with van der Waals surface area (Å²) in [6.07, 6.45) is -2.74. The molecule has 474 valence electrons. The number of aliphatic carboxylic acids is 1. The Hall–Kier alpha value is -7.53. The number of hydrogen-bond donors (Lipinski definition) is 20. The number of aliphatic imine (C=N–C) groups is 2. The smallest absolute Gasteiger partial charge is 0.328 e. The normalized spacial score (nSPS) is 15.6. The lowest BCUT2D eigenvalue weighted by Crippen LogP contribution is -2.62. The van der Waals surface area contributed by atoms with Crippen LogP contribution in [0.4, 0.5) is 0 Å². The van der Waals surface area contributed by atoms with Crippen LogP contribution in [0.5, 0.6) is 0 Å². The van der Waals surface area contributed by atoms with Gasteiger partial charge in [0.25, 0.3) is 0 Å². The van der Waals surface area contributed by atoms with Crippen LogP contribution in [0.2, 0.25) is 0 Å². The summed E-state index contributed by atoms with van der Waals surface area (Å²) in [4.78, 5) is 154. The van der Waals surface area contributed by atoms with Crippen molar-refractivity contribution >= 4 is 77.0 Å². The first-order chi connectivity index (χ1) is 38.6. The zero-order chi connectivity index (χ0) is 63.7. The molecule has 34 nitrogen and oxygen atoms in total. The van der Waals surface area contributed by atoms with E-state index in [4.69, 9.17) is 40.1 Å². The summed E-state index contributed by atoms with van der Waals surface area (Å²) in [6.45, 7) is 4.81. The Bertz CT molecular complexity index is 2200. The number of guanidine groups is 2. The maximum atomic E-state index is 14.2. The van der Waals surface area contributed by atoms with Crippen LogP contribution >= 0.6 is 0 Å². The van der Waals surface area contributed by atoms with Crippen molar-refractivity contribution < 1.29 is 77.6 Å². The number of rotatable bonds is 42. The van der Waals surface area contributed by atoms with Crippen molar-refractivity contribution in [1.29, 1.82) is 0 Å². The molecule has 0 aromatic carbocycles. The maximum Gasteiger partial charge on any atom is 0.328 e. The number of primary amides is 1. The standard InChI is InChI=1S/C49H93N19O15/c1-25(51)38(73)60-32(17-13-22-58-49(55)56)43(78)67-37(28(4)71)46(81)64-30(15-9-11-23-68(5,6)7)40(75)63-33(18-19-35(52)72)44(79)66-36(27(3)70)45(80)59-26(2)39(74)61-31(16-12-21-57-48(53)54)41(76)62-29(14-8-10-20-50)42(77)65-34(24-69)47(82)83/h25-34,36-37,69-71H,8-24,50-51H2,1-7H3,(H19-,52,53,54,55,56,57,58,59,60,61,62,63,64,65,66,67,72,73,74,75,76,77,78,79,80,81,82,83)/p+1/t25-,26-,27+,28+,29-,30-,31-,32-,33-,34-,36-,37-/m0/s1. The number of nitrogens with two attached hydrogens (primary N) is 7. The molecule has 0 aromatic heterocycles. The molecule has 12 atom stereocenters. The highest BCUT2D eigenvalue weighted by molar-refractivity contribution is 5.99. The molecule has 0 saturated carbocycles. The van der Waals surface area contributed by atoms with Crippen molar-refractivity contribution in [2.75, 3.05) is 53.9 Å². The highest BCUT2D eigenvalue weighted by Crippen LogP contribution is 2.11. The van der Waals surface area contributed by atoms with Crippen molar-refractivity contribution in [2.24, 2.45) is 50.1 Å². The summed E-state index contributed by atoms with van der Waals surface area (Å²) >= 11 is 0. The summed E-state index contributed by atoms with van der Waals surface area (Å²) < 4.78 is 0.534. The summed E-state index contributed by atoms with van der Waals surface area (Å²) in [5.74, 6) is -11.8. The van der Waals surface area contributed by atoms with Crippen LogP contribution in [-0.4, -0.2) is 228 Å². The maximum absolute atomic E-state index is 14.2. The molecular weight excluding hydrogens is 1090 g/mol. The number of carboxylic acids is 1. The molecule has 0 fully saturated rings. The zero-order valence-electron chi connectivity index (χ0n) is 48.6. The molecule has 0 aromatic rings. The summed E-state index contributed by atoms with van der Waals surface area (Å²) in [5.41, 5.74) is 38.4. The Morgan fingerprint density at radius 1 is 0.458 bits per heavy atom. The minimum atomic E-state index is -1.86. The molecule has 0 radical (unpaired) electrons. The highest BCUT2D eigenvalue weighted by atomic mass is 16.4. The number of quaternary nitrogens is 1. The van der Waals surface area contributed by atoms with Crippen LogP contribution in [-0.2, 0) is 52.7 Å². The first-order valence-electron chi connectivity index (χ1n) is 27.2. The minimum Gasteiger partial charge on any atom is -0.480 e. The second-order valence-corrected chi connectivity index (χ2v) is 21.1. The lowest BCUT2D eigenvalue weighted by atomic mass is 10.0.